The lowest BCUT2D eigenvalue weighted by Gasteiger charge is -2.12. The third-order valence-corrected chi connectivity index (χ3v) is 1.85. The quantitative estimate of drug-likeness (QED) is 0.480. The van der Waals surface area contributed by atoms with Crippen LogP contribution in [0.2, 0.25) is 0 Å². The van der Waals surface area contributed by atoms with Gasteiger partial charge in [-0.1, -0.05) is 0 Å². The van der Waals surface area contributed by atoms with E-state index in [0.29, 0.717) is 38.8 Å². The van der Waals surface area contributed by atoms with E-state index in [-0.39, 0.29) is 0 Å². The van der Waals surface area contributed by atoms with Crippen LogP contribution in [0, 0.1) is 11.3 Å². The van der Waals surface area contributed by atoms with Crippen molar-refractivity contribution in [3.63, 3.8) is 0 Å². The van der Waals surface area contributed by atoms with Crippen LogP contribution in [-0.4, -0.2) is 30.2 Å². The third-order valence-electron chi connectivity index (χ3n) is 1.85. The predicted octanol–water partition coefficient (Wildman–Crippen LogP) is 0.0719. The molecule has 5 heteroatoms. The number of carboxylic acids is 1. The molecule has 0 spiro atoms. The van der Waals surface area contributed by atoms with Gasteiger partial charge in [0, 0.05) is 6.42 Å². The first-order valence-corrected chi connectivity index (χ1v) is 4.75. The van der Waals surface area contributed by atoms with E-state index in [9.17, 15) is 4.79 Å². The van der Waals surface area contributed by atoms with Gasteiger partial charge in [0.2, 0.25) is 0 Å². The van der Waals surface area contributed by atoms with E-state index < -0.39 is 12.0 Å². The molecule has 0 aromatic carbocycles. The molecule has 4 N–H and O–H groups in total. The van der Waals surface area contributed by atoms with E-state index in [2.05, 4.69) is 5.32 Å². The van der Waals surface area contributed by atoms with Crippen LogP contribution in [0.15, 0.2) is 0 Å². The van der Waals surface area contributed by atoms with Crippen LogP contribution in [0.25, 0.3) is 0 Å². The highest BCUT2D eigenvalue weighted by Crippen LogP contribution is 1.97. The minimum absolute atomic E-state index is 0.455. The van der Waals surface area contributed by atoms with Crippen molar-refractivity contribution < 1.29 is 9.90 Å². The standard InChI is InChI=1S/C9H17N3O2/c10-5-1-2-7-12-8(9(13)14)4-3-6-11/h8,12H,1-4,6-7,11H2,(H,13,14)/t8-/m0/s1. The number of nitriles is 1. The highest BCUT2D eigenvalue weighted by Gasteiger charge is 2.14. The molecule has 0 aliphatic rings. The molecule has 0 aromatic heterocycles. The number of hydrogen-bond donors (Lipinski definition) is 3. The summed E-state index contributed by atoms with van der Waals surface area (Å²) in [4.78, 5) is 10.7. The number of carbonyl (C=O) groups is 1. The Hall–Kier alpha value is -1.12. The van der Waals surface area contributed by atoms with Gasteiger partial charge in [-0.15, -0.1) is 0 Å². The zero-order valence-electron chi connectivity index (χ0n) is 8.20. The molecule has 0 bridgehead atoms. The molecule has 5 nitrogen and oxygen atoms in total. The highest BCUT2D eigenvalue weighted by atomic mass is 16.4. The Bertz CT molecular complexity index is 201. The van der Waals surface area contributed by atoms with Gasteiger partial charge in [0.05, 0.1) is 6.07 Å². The molecule has 14 heavy (non-hydrogen) atoms. The minimum atomic E-state index is -0.851. The fourth-order valence-electron chi connectivity index (χ4n) is 1.08. The maximum Gasteiger partial charge on any atom is 0.320 e. The topological polar surface area (TPSA) is 99.1 Å². The van der Waals surface area contributed by atoms with Gasteiger partial charge in [0.25, 0.3) is 0 Å². The second-order valence-corrected chi connectivity index (χ2v) is 3.04. The van der Waals surface area contributed by atoms with Gasteiger partial charge >= 0.3 is 5.97 Å². The summed E-state index contributed by atoms with van der Waals surface area (Å²) in [6, 6.07) is 1.48. The number of rotatable bonds is 8. The Balaban J connectivity index is 3.63. The Morgan fingerprint density at radius 3 is 2.79 bits per heavy atom. The summed E-state index contributed by atoms with van der Waals surface area (Å²) in [6.45, 7) is 1.07. The lowest BCUT2D eigenvalue weighted by molar-refractivity contribution is -0.139. The van der Waals surface area contributed by atoms with Crippen molar-refractivity contribution >= 4 is 5.97 Å². The first kappa shape index (κ1) is 12.9. The Morgan fingerprint density at radius 2 is 2.29 bits per heavy atom. The van der Waals surface area contributed by atoms with Crippen LogP contribution in [0.5, 0.6) is 0 Å². The van der Waals surface area contributed by atoms with Gasteiger partial charge in [-0.2, -0.15) is 5.26 Å². The normalized spacial score (nSPS) is 12.0. The van der Waals surface area contributed by atoms with Crippen molar-refractivity contribution in [1.29, 1.82) is 5.26 Å². The fraction of sp³-hybridized carbons (Fsp3) is 0.778. The van der Waals surface area contributed by atoms with E-state index >= 15 is 0 Å². The van der Waals surface area contributed by atoms with Crippen molar-refractivity contribution in [1.82, 2.24) is 5.32 Å². The second kappa shape index (κ2) is 8.48. The average molecular weight is 199 g/mol. The Kier molecular flexibility index (Phi) is 7.80. The molecule has 0 fully saturated rings. The summed E-state index contributed by atoms with van der Waals surface area (Å²) in [7, 11) is 0. The maximum absolute atomic E-state index is 10.7. The second-order valence-electron chi connectivity index (χ2n) is 3.04. The number of hydrogen-bond acceptors (Lipinski definition) is 4. The zero-order chi connectivity index (χ0) is 10.8. The van der Waals surface area contributed by atoms with Crippen LogP contribution in [0.1, 0.15) is 25.7 Å². The van der Waals surface area contributed by atoms with Gasteiger partial charge in [0.15, 0.2) is 0 Å². The van der Waals surface area contributed by atoms with Crippen molar-refractivity contribution in [2.45, 2.75) is 31.7 Å². The minimum Gasteiger partial charge on any atom is -0.480 e. The molecule has 0 radical (unpaired) electrons. The number of nitrogens with one attached hydrogen (secondary N) is 1. The molecular formula is C9H17N3O2. The molecule has 0 aliphatic heterocycles. The largest absolute Gasteiger partial charge is 0.480 e. The number of aliphatic carboxylic acids is 1. The molecule has 0 aromatic rings. The van der Waals surface area contributed by atoms with Crippen LogP contribution in [0.4, 0.5) is 0 Å². The van der Waals surface area contributed by atoms with Crippen molar-refractivity contribution in [3.8, 4) is 6.07 Å². The fourth-order valence-corrected chi connectivity index (χ4v) is 1.08. The molecule has 0 saturated carbocycles. The highest BCUT2D eigenvalue weighted by molar-refractivity contribution is 5.73. The van der Waals surface area contributed by atoms with Crippen LogP contribution >= 0.6 is 0 Å². The van der Waals surface area contributed by atoms with E-state index in [4.69, 9.17) is 16.1 Å². The van der Waals surface area contributed by atoms with Crippen molar-refractivity contribution in [2.24, 2.45) is 5.73 Å². The van der Waals surface area contributed by atoms with E-state index in [1.165, 1.54) is 0 Å². The summed E-state index contributed by atoms with van der Waals surface area (Å²) in [6.07, 6.45) is 2.37. The number of nitrogens with zero attached hydrogens (tertiary/aromatic N) is 1. The monoisotopic (exact) mass is 199 g/mol. The summed E-state index contributed by atoms with van der Waals surface area (Å²) >= 11 is 0. The number of carboxylic acid groups (broad SMARTS) is 1. The first-order valence-electron chi connectivity index (χ1n) is 4.75. The van der Waals surface area contributed by atoms with Gasteiger partial charge in [-0.3, -0.25) is 4.79 Å². The van der Waals surface area contributed by atoms with Crippen molar-refractivity contribution in [2.75, 3.05) is 13.1 Å². The SMILES string of the molecule is N#CCCCN[C@@H](CCCN)C(=O)O. The first-order chi connectivity index (χ1) is 6.72. The maximum atomic E-state index is 10.7. The molecule has 0 heterocycles. The zero-order valence-corrected chi connectivity index (χ0v) is 8.20. The van der Waals surface area contributed by atoms with Crippen molar-refractivity contribution in [3.05, 3.63) is 0 Å². The lowest BCUT2D eigenvalue weighted by Crippen LogP contribution is -2.37. The van der Waals surface area contributed by atoms with Crippen LogP contribution in [0.3, 0.4) is 0 Å². The summed E-state index contributed by atoms with van der Waals surface area (Å²) < 4.78 is 0. The van der Waals surface area contributed by atoms with Crippen LogP contribution in [-0.2, 0) is 4.79 Å². The van der Waals surface area contributed by atoms with Gasteiger partial charge in [-0.25, -0.2) is 0 Å². The molecule has 0 amide bonds. The average Bonchev–Trinajstić information content (AvgIpc) is 2.16. The molecule has 1 atom stereocenters. The van der Waals surface area contributed by atoms with Crippen LogP contribution < -0.4 is 11.1 Å². The Labute approximate surface area is 83.9 Å². The molecule has 0 saturated heterocycles. The molecule has 0 unspecified atom stereocenters. The Morgan fingerprint density at radius 1 is 1.57 bits per heavy atom. The lowest BCUT2D eigenvalue weighted by atomic mass is 10.1. The summed E-state index contributed by atoms with van der Waals surface area (Å²) in [5, 5.41) is 19.9. The third kappa shape index (κ3) is 6.40. The van der Waals surface area contributed by atoms with Gasteiger partial charge in [0.1, 0.15) is 6.04 Å². The van der Waals surface area contributed by atoms with Gasteiger partial charge in [-0.05, 0) is 32.4 Å². The van der Waals surface area contributed by atoms with E-state index in [0.717, 1.165) is 0 Å². The molecule has 80 valence electrons. The molecular weight excluding hydrogens is 182 g/mol. The molecule has 0 rings (SSSR count). The summed E-state index contributed by atoms with van der Waals surface area (Å²) in [5.74, 6) is -0.851. The van der Waals surface area contributed by atoms with E-state index in [1.54, 1.807) is 0 Å². The van der Waals surface area contributed by atoms with E-state index in [1.807, 2.05) is 6.07 Å². The molecule has 0 aliphatic carbocycles. The van der Waals surface area contributed by atoms with Gasteiger partial charge < -0.3 is 16.2 Å². The summed E-state index contributed by atoms with van der Waals surface area (Å²) in [5.41, 5.74) is 5.29. The number of unbranched alkanes of at least 4 members (excludes halogenated alkanes) is 1. The number of nitrogens with two attached hydrogens (primary N) is 1. The smallest absolute Gasteiger partial charge is 0.320 e. The predicted molar refractivity (Wildman–Crippen MR) is 52.6 cm³/mol.